The number of methoxy groups -OCH3 is 1. The van der Waals surface area contributed by atoms with E-state index in [0.717, 1.165) is 23.3 Å². The zero-order valence-electron chi connectivity index (χ0n) is 10.7. The molecule has 0 aliphatic rings. The maximum Gasteiger partial charge on any atom is 0.134 e. The van der Waals surface area contributed by atoms with Crippen LogP contribution in [0.4, 0.5) is 0 Å². The second kappa shape index (κ2) is 5.42. The van der Waals surface area contributed by atoms with Gasteiger partial charge < -0.3 is 4.74 Å². The maximum atomic E-state index is 5.49. The van der Waals surface area contributed by atoms with Crippen LogP contribution in [-0.4, -0.2) is 7.11 Å². The van der Waals surface area contributed by atoms with Crippen molar-refractivity contribution < 1.29 is 4.74 Å². The molecule has 0 aliphatic heterocycles. The van der Waals surface area contributed by atoms with Gasteiger partial charge in [0.1, 0.15) is 5.75 Å². The molecule has 0 unspecified atom stereocenters. The zero-order chi connectivity index (χ0) is 13.0. The predicted octanol–water partition coefficient (Wildman–Crippen LogP) is 3.91. The molecule has 0 spiro atoms. The highest BCUT2D eigenvalue weighted by molar-refractivity contribution is 5.67. The van der Waals surface area contributed by atoms with Crippen molar-refractivity contribution in [1.29, 1.82) is 0 Å². The molecular formula is C17H16O. The Labute approximate surface area is 108 Å². The van der Waals surface area contributed by atoms with E-state index in [1.54, 1.807) is 7.11 Å². The standard InChI is InChI=1S/C17H16O/c1-4-13-6-8-15(9-7-13)16-10-11-17(18-3)14(5-2)12-16/h2,6-12H,4H2,1,3H3. The van der Waals surface area contributed by atoms with Crippen LogP contribution in [0.1, 0.15) is 18.1 Å². The largest absolute Gasteiger partial charge is 0.495 e. The van der Waals surface area contributed by atoms with Crippen LogP contribution in [-0.2, 0) is 6.42 Å². The van der Waals surface area contributed by atoms with E-state index in [4.69, 9.17) is 11.2 Å². The SMILES string of the molecule is C#Cc1cc(-c2ccc(CC)cc2)ccc1OC. The Balaban J connectivity index is 2.41. The molecule has 2 aromatic carbocycles. The number of aryl methyl sites for hydroxylation is 1. The summed E-state index contributed by atoms with van der Waals surface area (Å²) in [6.45, 7) is 2.15. The third kappa shape index (κ3) is 2.38. The third-order valence-electron chi connectivity index (χ3n) is 3.05. The Morgan fingerprint density at radius 1 is 1.06 bits per heavy atom. The van der Waals surface area contributed by atoms with Gasteiger partial charge in [-0.25, -0.2) is 0 Å². The van der Waals surface area contributed by atoms with E-state index in [-0.39, 0.29) is 0 Å². The summed E-state index contributed by atoms with van der Waals surface area (Å²) in [7, 11) is 1.63. The van der Waals surface area contributed by atoms with Crippen molar-refractivity contribution in [2.24, 2.45) is 0 Å². The second-order valence-corrected chi connectivity index (χ2v) is 4.11. The first kappa shape index (κ1) is 12.3. The molecule has 0 N–H and O–H groups in total. The molecule has 0 radical (unpaired) electrons. The van der Waals surface area contributed by atoms with Gasteiger partial charge in [-0.15, -0.1) is 6.42 Å². The van der Waals surface area contributed by atoms with Gasteiger partial charge in [0.25, 0.3) is 0 Å². The summed E-state index contributed by atoms with van der Waals surface area (Å²) >= 11 is 0. The lowest BCUT2D eigenvalue weighted by atomic mass is 10.0. The van der Waals surface area contributed by atoms with Gasteiger partial charge in [0.05, 0.1) is 12.7 Å². The highest BCUT2D eigenvalue weighted by Gasteiger charge is 2.03. The minimum Gasteiger partial charge on any atom is -0.495 e. The summed E-state index contributed by atoms with van der Waals surface area (Å²) in [6, 6.07) is 14.5. The lowest BCUT2D eigenvalue weighted by Gasteiger charge is -2.07. The monoisotopic (exact) mass is 236 g/mol. The summed E-state index contributed by atoms with van der Waals surface area (Å²) in [5.41, 5.74) is 4.41. The minimum atomic E-state index is 0.742. The fraction of sp³-hybridized carbons (Fsp3) is 0.176. The molecule has 2 aromatic rings. The van der Waals surface area contributed by atoms with Gasteiger partial charge >= 0.3 is 0 Å². The summed E-state index contributed by atoms with van der Waals surface area (Å²) in [4.78, 5) is 0. The lowest BCUT2D eigenvalue weighted by Crippen LogP contribution is -1.89. The molecule has 0 saturated heterocycles. The molecule has 0 atom stereocenters. The number of terminal acetylenes is 1. The number of benzene rings is 2. The van der Waals surface area contributed by atoms with Crippen molar-refractivity contribution in [2.75, 3.05) is 7.11 Å². The Bertz CT molecular complexity index is 574. The fourth-order valence-electron chi connectivity index (χ4n) is 1.93. The van der Waals surface area contributed by atoms with Crippen LogP contribution in [0.2, 0.25) is 0 Å². The first-order chi connectivity index (χ1) is 8.78. The van der Waals surface area contributed by atoms with Crippen molar-refractivity contribution in [3.63, 3.8) is 0 Å². The van der Waals surface area contributed by atoms with E-state index in [1.165, 1.54) is 11.1 Å². The molecule has 1 nitrogen and oxygen atoms in total. The quantitative estimate of drug-likeness (QED) is 0.734. The Morgan fingerprint density at radius 2 is 1.72 bits per heavy atom. The van der Waals surface area contributed by atoms with Crippen LogP contribution in [0.5, 0.6) is 5.75 Å². The van der Waals surface area contributed by atoms with Gasteiger partial charge in [-0.1, -0.05) is 43.2 Å². The second-order valence-electron chi connectivity index (χ2n) is 4.11. The van der Waals surface area contributed by atoms with Gasteiger partial charge in [0.15, 0.2) is 0 Å². The summed E-state index contributed by atoms with van der Waals surface area (Å²) in [5.74, 6) is 3.40. The number of hydrogen-bond donors (Lipinski definition) is 0. The molecule has 0 saturated carbocycles. The molecule has 0 fully saturated rings. The van der Waals surface area contributed by atoms with Crippen molar-refractivity contribution in [1.82, 2.24) is 0 Å². The number of hydrogen-bond acceptors (Lipinski definition) is 1. The lowest BCUT2D eigenvalue weighted by molar-refractivity contribution is 0.413. The van der Waals surface area contributed by atoms with Crippen LogP contribution >= 0.6 is 0 Å². The predicted molar refractivity (Wildman–Crippen MR) is 75.7 cm³/mol. The van der Waals surface area contributed by atoms with Gasteiger partial charge in [0.2, 0.25) is 0 Å². The van der Waals surface area contributed by atoms with Crippen molar-refractivity contribution >= 4 is 0 Å². The first-order valence-electron chi connectivity index (χ1n) is 6.02. The molecule has 0 amide bonds. The average molecular weight is 236 g/mol. The zero-order valence-corrected chi connectivity index (χ0v) is 10.7. The van der Waals surface area contributed by atoms with Crippen molar-refractivity contribution in [3.8, 4) is 29.2 Å². The van der Waals surface area contributed by atoms with E-state index < -0.39 is 0 Å². The van der Waals surface area contributed by atoms with Crippen molar-refractivity contribution in [2.45, 2.75) is 13.3 Å². The van der Waals surface area contributed by atoms with Crippen LogP contribution in [0.3, 0.4) is 0 Å². The van der Waals surface area contributed by atoms with E-state index in [1.807, 2.05) is 18.2 Å². The molecule has 0 aromatic heterocycles. The number of rotatable bonds is 3. The van der Waals surface area contributed by atoms with Crippen LogP contribution in [0, 0.1) is 12.3 Å². The van der Waals surface area contributed by atoms with Gasteiger partial charge in [-0.3, -0.25) is 0 Å². The molecule has 0 heterocycles. The Morgan fingerprint density at radius 3 is 2.28 bits per heavy atom. The molecule has 90 valence electrons. The van der Waals surface area contributed by atoms with E-state index in [2.05, 4.69) is 37.1 Å². The first-order valence-corrected chi connectivity index (χ1v) is 6.02. The van der Waals surface area contributed by atoms with Crippen LogP contribution < -0.4 is 4.74 Å². The third-order valence-corrected chi connectivity index (χ3v) is 3.05. The highest BCUT2D eigenvalue weighted by Crippen LogP contribution is 2.26. The molecule has 0 aliphatic carbocycles. The van der Waals surface area contributed by atoms with Crippen LogP contribution in [0.15, 0.2) is 42.5 Å². The smallest absolute Gasteiger partial charge is 0.134 e. The van der Waals surface area contributed by atoms with Gasteiger partial charge in [-0.2, -0.15) is 0 Å². The molecule has 18 heavy (non-hydrogen) atoms. The summed E-state index contributed by atoms with van der Waals surface area (Å²) in [6.07, 6.45) is 6.54. The maximum absolute atomic E-state index is 5.49. The minimum absolute atomic E-state index is 0.742. The molecule has 1 heteroatoms. The highest BCUT2D eigenvalue weighted by atomic mass is 16.5. The molecular weight excluding hydrogens is 220 g/mol. The Hall–Kier alpha value is -2.20. The molecule has 0 bridgehead atoms. The Kier molecular flexibility index (Phi) is 3.69. The van der Waals surface area contributed by atoms with Crippen LogP contribution in [0.25, 0.3) is 11.1 Å². The van der Waals surface area contributed by atoms with E-state index in [9.17, 15) is 0 Å². The van der Waals surface area contributed by atoms with E-state index in [0.29, 0.717) is 0 Å². The summed E-state index contributed by atoms with van der Waals surface area (Å²) < 4.78 is 5.22. The normalized spacial score (nSPS) is 9.83. The van der Waals surface area contributed by atoms with Gasteiger partial charge in [-0.05, 0) is 35.2 Å². The van der Waals surface area contributed by atoms with Crippen molar-refractivity contribution in [3.05, 3.63) is 53.6 Å². The van der Waals surface area contributed by atoms with E-state index >= 15 is 0 Å². The average Bonchev–Trinajstić information content (AvgIpc) is 2.46. The summed E-state index contributed by atoms with van der Waals surface area (Å²) in [5, 5.41) is 0. The number of ether oxygens (including phenoxy) is 1. The molecule has 2 rings (SSSR count). The van der Waals surface area contributed by atoms with Gasteiger partial charge in [0, 0.05) is 0 Å². The fourth-order valence-corrected chi connectivity index (χ4v) is 1.93. The topological polar surface area (TPSA) is 9.23 Å².